The molecule has 1 aliphatic heterocycles. The van der Waals surface area contributed by atoms with Gasteiger partial charge in [-0.05, 0) is 49.2 Å². The summed E-state index contributed by atoms with van der Waals surface area (Å²) >= 11 is 5.77. The molecule has 0 saturated carbocycles. The van der Waals surface area contributed by atoms with E-state index in [-0.39, 0.29) is 21.4 Å². The van der Waals surface area contributed by atoms with E-state index in [2.05, 4.69) is 4.72 Å². The highest BCUT2D eigenvalue weighted by Crippen LogP contribution is 2.32. The number of halogens is 1. The number of anilines is 1. The van der Waals surface area contributed by atoms with Crippen LogP contribution in [0.3, 0.4) is 0 Å². The van der Waals surface area contributed by atoms with Gasteiger partial charge in [0.25, 0.3) is 10.0 Å². The average molecular weight is 475 g/mol. The standard InChI is InChI=1S/C18H19ClN2O7S2/c1-28-15-6-5-13(11-17(15)30(26,27)21-8-2-3-9-21)20-29(24,25)16-7-4-12(19)10-14(16)18(22)23/h4-7,10-11,20H,2-3,8-9H2,1H3,(H,22,23). The summed E-state index contributed by atoms with van der Waals surface area (Å²) in [5.41, 5.74) is -0.562. The van der Waals surface area contributed by atoms with Crippen LogP contribution in [0.1, 0.15) is 23.2 Å². The summed E-state index contributed by atoms with van der Waals surface area (Å²) in [6.07, 6.45) is 1.48. The maximum absolute atomic E-state index is 13.0. The summed E-state index contributed by atoms with van der Waals surface area (Å²) in [5, 5.41) is 9.37. The van der Waals surface area contributed by atoms with Crippen LogP contribution in [0, 0.1) is 0 Å². The van der Waals surface area contributed by atoms with Crippen molar-refractivity contribution in [2.75, 3.05) is 24.9 Å². The van der Waals surface area contributed by atoms with Crippen LogP contribution in [-0.2, 0) is 20.0 Å². The van der Waals surface area contributed by atoms with Gasteiger partial charge in [-0.15, -0.1) is 0 Å². The number of hydrogen-bond acceptors (Lipinski definition) is 6. The molecule has 0 unspecified atom stereocenters. The summed E-state index contributed by atoms with van der Waals surface area (Å²) in [6, 6.07) is 7.16. The summed E-state index contributed by atoms with van der Waals surface area (Å²) < 4.78 is 60.2. The second-order valence-corrected chi connectivity index (χ2v) is 10.5. The molecule has 12 heteroatoms. The highest BCUT2D eigenvalue weighted by atomic mass is 35.5. The molecule has 1 heterocycles. The third-order valence-corrected chi connectivity index (χ3v) is 8.15. The number of rotatable bonds is 7. The SMILES string of the molecule is COc1ccc(NS(=O)(=O)c2ccc(Cl)cc2C(=O)O)cc1S(=O)(=O)N1CCCC1. The lowest BCUT2D eigenvalue weighted by atomic mass is 10.2. The molecule has 3 rings (SSSR count). The van der Waals surface area contributed by atoms with E-state index in [1.807, 2.05) is 0 Å². The number of hydrogen-bond donors (Lipinski definition) is 2. The van der Waals surface area contributed by atoms with E-state index in [0.29, 0.717) is 13.1 Å². The Bertz CT molecular complexity index is 1190. The fourth-order valence-corrected chi connectivity index (χ4v) is 6.22. The summed E-state index contributed by atoms with van der Waals surface area (Å²) in [7, 11) is -6.92. The molecule has 2 aromatic carbocycles. The number of benzene rings is 2. The smallest absolute Gasteiger partial charge is 0.337 e. The zero-order valence-corrected chi connectivity index (χ0v) is 18.2. The van der Waals surface area contributed by atoms with Gasteiger partial charge in [0.2, 0.25) is 10.0 Å². The molecule has 30 heavy (non-hydrogen) atoms. The van der Waals surface area contributed by atoms with Crippen molar-refractivity contribution >= 4 is 43.3 Å². The second kappa shape index (κ2) is 8.42. The molecule has 162 valence electrons. The quantitative estimate of drug-likeness (QED) is 0.630. The number of ether oxygens (including phenoxy) is 1. The predicted molar refractivity (Wildman–Crippen MR) is 110 cm³/mol. The van der Waals surface area contributed by atoms with E-state index in [9.17, 15) is 26.7 Å². The number of sulfonamides is 2. The van der Waals surface area contributed by atoms with E-state index in [1.54, 1.807) is 0 Å². The number of nitrogens with one attached hydrogen (secondary N) is 1. The molecule has 1 saturated heterocycles. The summed E-state index contributed by atoms with van der Waals surface area (Å²) in [4.78, 5) is 10.8. The molecule has 0 aromatic heterocycles. The average Bonchev–Trinajstić information content (AvgIpc) is 3.23. The first kappa shape index (κ1) is 22.3. The van der Waals surface area contributed by atoms with Crippen molar-refractivity contribution in [3.63, 3.8) is 0 Å². The van der Waals surface area contributed by atoms with E-state index in [0.717, 1.165) is 31.0 Å². The van der Waals surface area contributed by atoms with Gasteiger partial charge >= 0.3 is 5.97 Å². The Morgan fingerprint density at radius 3 is 2.33 bits per heavy atom. The fraction of sp³-hybridized carbons (Fsp3) is 0.278. The molecule has 0 aliphatic carbocycles. The van der Waals surface area contributed by atoms with Crippen LogP contribution in [0.5, 0.6) is 5.75 Å². The van der Waals surface area contributed by atoms with Crippen molar-refractivity contribution < 1.29 is 31.5 Å². The van der Waals surface area contributed by atoms with Gasteiger partial charge in [-0.2, -0.15) is 4.31 Å². The minimum absolute atomic E-state index is 0.0557. The normalized spacial score (nSPS) is 15.1. The fourth-order valence-electron chi connectivity index (χ4n) is 3.12. The summed E-state index contributed by atoms with van der Waals surface area (Å²) in [6.45, 7) is 0.738. The van der Waals surface area contributed by atoms with Crippen LogP contribution in [0.4, 0.5) is 5.69 Å². The van der Waals surface area contributed by atoms with Crippen LogP contribution in [0.25, 0.3) is 0 Å². The van der Waals surface area contributed by atoms with Crippen LogP contribution in [0.15, 0.2) is 46.2 Å². The van der Waals surface area contributed by atoms with E-state index in [4.69, 9.17) is 16.3 Å². The van der Waals surface area contributed by atoms with Gasteiger partial charge in [-0.1, -0.05) is 11.6 Å². The lowest BCUT2D eigenvalue weighted by Gasteiger charge is -2.19. The van der Waals surface area contributed by atoms with Crippen molar-refractivity contribution in [1.82, 2.24) is 4.31 Å². The number of carboxylic acid groups (broad SMARTS) is 1. The lowest BCUT2D eigenvalue weighted by Crippen LogP contribution is -2.28. The molecule has 0 spiro atoms. The molecule has 0 bridgehead atoms. The van der Waals surface area contributed by atoms with Gasteiger partial charge in [-0.25, -0.2) is 21.6 Å². The molecule has 9 nitrogen and oxygen atoms in total. The molecule has 2 N–H and O–H groups in total. The van der Waals surface area contributed by atoms with E-state index < -0.39 is 36.5 Å². The third-order valence-electron chi connectivity index (χ3n) is 4.56. The zero-order chi connectivity index (χ0) is 22.1. The molecule has 0 atom stereocenters. The lowest BCUT2D eigenvalue weighted by molar-refractivity contribution is 0.0692. The monoisotopic (exact) mass is 474 g/mol. The van der Waals surface area contributed by atoms with Crippen LogP contribution >= 0.6 is 11.6 Å². The van der Waals surface area contributed by atoms with Crippen molar-refractivity contribution in [2.24, 2.45) is 0 Å². The summed E-state index contributed by atoms with van der Waals surface area (Å²) in [5.74, 6) is -1.40. The van der Waals surface area contributed by atoms with Crippen molar-refractivity contribution in [3.8, 4) is 5.75 Å². The van der Waals surface area contributed by atoms with Gasteiger partial charge in [-0.3, -0.25) is 4.72 Å². The molecule has 2 aromatic rings. The zero-order valence-electron chi connectivity index (χ0n) is 15.8. The largest absolute Gasteiger partial charge is 0.495 e. The van der Waals surface area contributed by atoms with Gasteiger partial charge in [0.15, 0.2) is 0 Å². The van der Waals surface area contributed by atoms with E-state index in [1.165, 1.54) is 29.6 Å². The Hall–Kier alpha value is -2.34. The molecule has 0 amide bonds. The van der Waals surface area contributed by atoms with Gasteiger partial charge in [0.05, 0.1) is 18.4 Å². The number of methoxy groups -OCH3 is 1. The van der Waals surface area contributed by atoms with Crippen molar-refractivity contribution in [1.29, 1.82) is 0 Å². The Morgan fingerprint density at radius 1 is 1.07 bits per heavy atom. The van der Waals surface area contributed by atoms with Crippen molar-refractivity contribution in [2.45, 2.75) is 22.6 Å². The number of nitrogens with zero attached hydrogens (tertiary/aromatic N) is 1. The minimum Gasteiger partial charge on any atom is -0.495 e. The Labute approximate surface area is 179 Å². The van der Waals surface area contributed by atoms with Gasteiger partial charge in [0.1, 0.15) is 15.5 Å². The maximum atomic E-state index is 13.0. The topological polar surface area (TPSA) is 130 Å². The second-order valence-electron chi connectivity index (χ2n) is 6.53. The number of carbonyl (C=O) groups is 1. The van der Waals surface area contributed by atoms with E-state index >= 15 is 0 Å². The third kappa shape index (κ3) is 4.38. The predicted octanol–water partition coefficient (Wildman–Crippen LogP) is 2.63. The van der Waals surface area contributed by atoms with Crippen LogP contribution in [-0.4, -0.2) is 52.4 Å². The minimum atomic E-state index is -4.35. The Balaban J connectivity index is 2.03. The first-order chi connectivity index (χ1) is 14.1. The highest BCUT2D eigenvalue weighted by molar-refractivity contribution is 7.92. The van der Waals surface area contributed by atoms with Crippen molar-refractivity contribution in [3.05, 3.63) is 47.0 Å². The maximum Gasteiger partial charge on any atom is 0.337 e. The molecular formula is C18H19ClN2O7S2. The number of carboxylic acids is 1. The molecule has 1 aliphatic rings. The number of aromatic carboxylic acids is 1. The molecule has 0 radical (unpaired) electrons. The highest BCUT2D eigenvalue weighted by Gasteiger charge is 2.31. The first-order valence-corrected chi connectivity index (χ1v) is 12.1. The Kier molecular flexibility index (Phi) is 6.27. The van der Waals surface area contributed by atoms with Gasteiger partial charge < -0.3 is 9.84 Å². The van der Waals surface area contributed by atoms with Crippen LogP contribution < -0.4 is 9.46 Å². The molecule has 1 fully saturated rings. The molecular weight excluding hydrogens is 456 g/mol. The Morgan fingerprint density at radius 2 is 1.73 bits per heavy atom. The van der Waals surface area contributed by atoms with Gasteiger partial charge in [0, 0.05) is 18.1 Å². The van der Waals surface area contributed by atoms with Crippen LogP contribution in [0.2, 0.25) is 5.02 Å². The first-order valence-electron chi connectivity index (χ1n) is 8.80.